The van der Waals surface area contributed by atoms with Crippen molar-refractivity contribution in [3.63, 3.8) is 0 Å². The average molecular weight is 688 g/mol. The van der Waals surface area contributed by atoms with E-state index in [1.165, 1.54) is 0 Å². The van der Waals surface area contributed by atoms with Gasteiger partial charge in [0.15, 0.2) is 17.5 Å². The quantitative estimate of drug-likeness (QED) is 0.339. The number of aromatic nitrogens is 6. The van der Waals surface area contributed by atoms with E-state index in [9.17, 15) is 22.8 Å². The van der Waals surface area contributed by atoms with Crippen molar-refractivity contribution in [2.24, 2.45) is 11.3 Å². The van der Waals surface area contributed by atoms with Crippen LogP contribution in [0.3, 0.4) is 0 Å². The zero-order chi connectivity index (χ0) is 34.8. The number of esters is 1. The van der Waals surface area contributed by atoms with Crippen LogP contribution in [0.5, 0.6) is 0 Å². The zero-order valence-corrected chi connectivity index (χ0v) is 27.7. The number of fused-ring (bicyclic) bond motifs is 3. The van der Waals surface area contributed by atoms with Crippen LogP contribution in [-0.4, -0.2) is 85.0 Å². The first kappa shape index (κ1) is 32.1. The Hall–Kier alpha value is -5.08. The van der Waals surface area contributed by atoms with Crippen molar-refractivity contribution in [2.45, 2.75) is 64.8 Å². The molecule has 260 valence electrons. The highest BCUT2D eigenvalue weighted by Crippen LogP contribution is 2.54. The van der Waals surface area contributed by atoms with Crippen molar-refractivity contribution in [3.8, 4) is 22.8 Å². The number of rotatable bonds is 7. The van der Waals surface area contributed by atoms with Crippen LogP contribution in [0.15, 0.2) is 59.7 Å². The lowest BCUT2D eigenvalue weighted by Gasteiger charge is -2.37. The maximum atomic E-state index is 13.9. The number of halogens is 3. The van der Waals surface area contributed by atoms with E-state index in [0.717, 1.165) is 54.8 Å². The Kier molecular flexibility index (Phi) is 7.75. The van der Waals surface area contributed by atoms with Gasteiger partial charge in [0.1, 0.15) is 18.1 Å². The number of carbonyl (C=O) groups excluding carboxylic acids is 2. The first-order chi connectivity index (χ1) is 24.0. The smallest absolute Gasteiger partial charge is 0.413 e. The number of allylic oxidation sites excluding steroid dienone is 1. The molecule has 3 aromatic heterocycles. The summed E-state index contributed by atoms with van der Waals surface area (Å²) in [6.07, 6.45) is 6.32. The zero-order valence-electron chi connectivity index (χ0n) is 27.7. The van der Waals surface area contributed by atoms with Crippen molar-refractivity contribution in [3.05, 3.63) is 65.4 Å². The molecule has 6 heterocycles. The van der Waals surface area contributed by atoms with Gasteiger partial charge in [-0.15, -0.1) is 5.10 Å². The number of anilines is 2. The number of aryl methyl sites for hydroxylation is 2. The summed E-state index contributed by atoms with van der Waals surface area (Å²) in [7, 11) is 0. The Labute approximate surface area is 286 Å². The molecule has 2 unspecified atom stereocenters. The third-order valence-corrected chi connectivity index (χ3v) is 10.3. The maximum absolute atomic E-state index is 13.9. The molecule has 0 aromatic carbocycles. The van der Waals surface area contributed by atoms with Gasteiger partial charge in [0.2, 0.25) is 5.91 Å². The van der Waals surface area contributed by atoms with E-state index >= 15 is 0 Å². The van der Waals surface area contributed by atoms with Crippen molar-refractivity contribution in [2.75, 3.05) is 36.4 Å². The molecule has 50 heavy (non-hydrogen) atoms. The minimum atomic E-state index is -4.60. The highest BCUT2D eigenvalue weighted by atomic mass is 19.4. The fourth-order valence-corrected chi connectivity index (χ4v) is 7.49. The molecule has 1 amide bonds. The molecule has 1 N–H and O–H groups in total. The molecule has 2 aliphatic carbocycles. The predicted octanol–water partition coefficient (Wildman–Crippen LogP) is 5.00. The molecular weight excluding hydrogens is 651 g/mol. The molecule has 3 aromatic rings. The third-order valence-electron chi connectivity index (χ3n) is 10.3. The second kappa shape index (κ2) is 12.1. The van der Waals surface area contributed by atoms with Crippen LogP contribution < -0.4 is 10.2 Å². The highest BCUT2D eigenvalue weighted by molar-refractivity contribution is 6.00. The van der Waals surface area contributed by atoms with Crippen LogP contribution in [0.25, 0.3) is 22.8 Å². The summed E-state index contributed by atoms with van der Waals surface area (Å²) in [5.41, 5.74) is 3.82. The number of ether oxygens (including phenoxy) is 1. The molecular formula is C35H36F3N9O3. The number of pyridine rings is 1. The predicted molar refractivity (Wildman–Crippen MR) is 176 cm³/mol. The molecule has 15 heteroatoms. The van der Waals surface area contributed by atoms with Crippen LogP contribution in [0.4, 0.5) is 24.8 Å². The topological polar surface area (TPSA) is 131 Å². The molecule has 1 saturated heterocycles. The molecule has 1 saturated carbocycles. The highest BCUT2D eigenvalue weighted by Gasteiger charge is 2.49. The number of likely N-dealkylation sites (tertiary alicyclic amines) is 1. The van der Waals surface area contributed by atoms with Gasteiger partial charge in [0, 0.05) is 55.1 Å². The van der Waals surface area contributed by atoms with Crippen molar-refractivity contribution in [1.82, 2.24) is 34.6 Å². The number of hydrogen-bond donors (Lipinski definition) is 1. The normalized spacial score (nSPS) is 22.4. The molecule has 12 nitrogen and oxygen atoms in total. The van der Waals surface area contributed by atoms with Crippen LogP contribution in [-0.2, 0) is 20.9 Å². The summed E-state index contributed by atoms with van der Waals surface area (Å²) in [6, 6.07) is 3.74. The minimum absolute atomic E-state index is 0.0604. The van der Waals surface area contributed by atoms with Gasteiger partial charge >= 0.3 is 12.1 Å². The second-order valence-corrected chi connectivity index (χ2v) is 13.6. The standard InChI is InChI=1S/C35H36F3N9O3/c1-3-47-29(48)17-40-32-33(47)43-26(16-39-32)22-5-6-25(42-20(22)2)31-41-19-46(44-31)12-4-11-45-18-34(9-10-34)8-7-21-13-23-24(35(36,37)38)14-30(49)50-28(23)15-27(21)45/h5-6,13-16,19,23,28H,3-4,7-12,17-18H2,1-2H3,(H,39,40). The number of alkyl halides is 3. The van der Waals surface area contributed by atoms with E-state index in [-0.39, 0.29) is 17.9 Å². The second-order valence-electron chi connectivity index (χ2n) is 13.6. The number of nitrogens with one attached hydrogen (secondary N) is 1. The first-order valence-corrected chi connectivity index (χ1v) is 17.0. The van der Waals surface area contributed by atoms with Crippen molar-refractivity contribution in [1.29, 1.82) is 0 Å². The van der Waals surface area contributed by atoms with Gasteiger partial charge in [-0.25, -0.2) is 24.7 Å². The van der Waals surface area contributed by atoms with Gasteiger partial charge < -0.3 is 15.0 Å². The van der Waals surface area contributed by atoms with Crippen molar-refractivity contribution < 1.29 is 27.5 Å². The molecule has 8 rings (SSSR count). The molecule has 2 atom stereocenters. The van der Waals surface area contributed by atoms with E-state index in [4.69, 9.17) is 14.7 Å². The van der Waals surface area contributed by atoms with Gasteiger partial charge in [0.05, 0.1) is 24.0 Å². The Morgan fingerprint density at radius 3 is 2.66 bits per heavy atom. The van der Waals surface area contributed by atoms with Crippen LogP contribution in [0, 0.1) is 18.3 Å². The summed E-state index contributed by atoms with van der Waals surface area (Å²) in [4.78, 5) is 46.8. The number of likely N-dealkylation sites (N-methyl/N-ethyl adjacent to an activating group) is 1. The first-order valence-electron chi connectivity index (χ1n) is 17.0. The van der Waals surface area contributed by atoms with E-state index in [0.29, 0.717) is 61.0 Å². The van der Waals surface area contributed by atoms with E-state index in [2.05, 4.69) is 25.3 Å². The summed E-state index contributed by atoms with van der Waals surface area (Å²) in [5.74, 6) is -0.495. The fourth-order valence-electron chi connectivity index (χ4n) is 7.49. The fraction of sp³-hybridized carbons (Fsp3) is 0.457. The molecule has 5 aliphatic rings. The lowest BCUT2D eigenvalue weighted by molar-refractivity contribution is -0.149. The van der Waals surface area contributed by atoms with Gasteiger partial charge in [-0.1, -0.05) is 6.08 Å². The van der Waals surface area contributed by atoms with Gasteiger partial charge in [-0.3, -0.25) is 14.4 Å². The van der Waals surface area contributed by atoms with Gasteiger partial charge in [-0.2, -0.15) is 13.2 Å². The number of amides is 1. The lowest BCUT2D eigenvalue weighted by atomic mass is 9.82. The Balaban J connectivity index is 0.960. The summed E-state index contributed by atoms with van der Waals surface area (Å²) < 4.78 is 48.7. The number of hydrogen-bond acceptors (Lipinski definition) is 10. The molecule has 3 aliphatic heterocycles. The molecule has 1 spiro atoms. The van der Waals surface area contributed by atoms with Crippen LogP contribution >= 0.6 is 0 Å². The summed E-state index contributed by atoms with van der Waals surface area (Å²) >= 11 is 0. The Morgan fingerprint density at radius 1 is 1.06 bits per heavy atom. The maximum Gasteiger partial charge on any atom is 0.413 e. The SMILES string of the molecule is CCN1C(=O)CNc2ncc(-c3ccc(-c4ncn(CCCN5CC6(CCC7=CC8C(C(F)(F)F)=CC(=O)OC8C=C75)CC6)n4)nc3C)nc21. The number of nitrogens with zero attached hydrogens (tertiary/aromatic N) is 8. The molecule has 0 radical (unpaired) electrons. The summed E-state index contributed by atoms with van der Waals surface area (Å²) in [6.45, 7) is 6.52. The lowest BCUT2D eigenvalue weighted by Crippen LogP contribution is -2.40. The van der Waals surface area contributed by atoms with E-state index in [1.807, 2.05) is 26.0 Å². The van der Waals surface area contributed by atoms with Crippen molar-refractivity contribution >= 4 is 23.5 Å². The minimum Gasteiger partial charge on any atom is -0.454 e. The number of carbonyl (C=O) groups is 2. The van der Waals surface area contributed by atoms with Crippen LogP contribution in [0.1, 0.15) is 44.7 Å². The third kappa shape index (κ3) is 5.92. The average Bonchev–Trinajstić information content (AvgIpc) is 3.73. The van der Waals surface area contributed by atoms with Gasteiger partial charge in [-0.05, 0) is 75.1 Å². The van der Waals surface area contributed by atoms with Gasteiger partial charge in [0.25, 0.3) is 0 Å². The monoisotopic (exact) mass is 687 g/mol. The molecule has 2 fully saturated rings. The Bertz CT molecular complexity index is 1980. The largest absolute Gasteiger partial charge is 0.454 e. The van der Waals surface area contributed by atoms with E-state index < -0.39 is 29.7 Å². The summed E-state index contributed by atoms with van der Waals surface area (Å²) in [5, 5.41) is 7.69. The Morgan fingerprint density at radius 2 is 1.90 bits per heavy atom. The molecule has 0 bridgehead atoms. The van der Waals surface area contributed by atoms with E-state index in [1.54, 1.807) is 34.3 Å². The van der Waals surface area contributed by atoms with Crippen LogP contribution in [0.2, 0.25) is 0 Å².